The summed E-state index contributed by atoms with van der Waals surface area (Å²) < 4.78 is 13.7. The Morgan fingerprint density at radius 1 is 1.48 bits per heavy atom. The van der Waals surface area contributed by atoms with Gasteiger partial charge in [0.1, 0.15) is 11.9 Å². The summed E-state index contributed by atoms with van der Waals surface area (Å²) in [6.07, 6.45) is 1.48. The Balaban J connectivity index is 0.00000264. The fraction of sp³-hybridized carbons (Fsp3) is 0.588. The van der Waals surface area contributed by atoms with Crippen molar-refractivity contribution < 1.29 is 9.50 Å². The molecule has 1 heterocycles. The van der Waals surface area contributed by atoms with E-state index in [9.17, 15) is 9.50 Å². The lowest BCUT2D eigenvalue weighted by molar-refractivity contribution is 0.181. The van der Waals surface area contributed by atoms with E-state index in [1.165, 1.54) is 12.5 Å². The fourth-order valence-corrected chi connectivity index (χ4v) is 2.82. The second-order valence-electron chi connectivity index (χ2n) is 5.93. The molecule has 23 heavy (non-hydrogen) atoms. The van der Waals surface area contributed by atoms with Crippen LogP contribution >= 0.6 is 24.0 Å². The van der Waals surface area contributed by atoms with Gasteiger partial charge >= 0.3 is 0 Å². The van der Waals surface area contributed by atoms with E-state index < -0.39 is 6.10 Å². The molecule has 1 aliphatic rings. The number of nitrogens with zero attached hydrogens (tertiary/aromatic N) is 2. The van der Waals surface area contributed by atoms with Crippen LogP contribution in [0.4, 0.5) is 4.39 Å². The number of aliphatic hydroxyl groups excluding tert-OH is 1. The summed E-state index contributed by atoms with van der Waals surface area (Å²) in [7, 11) is 0. The van der Waals surface area contributed by atoms with Gasteiger partial charge in [-0.1, -0.05) is 25.1 Å². The van der Waals surface area contributed by atoms with Crippen molar-refractivity contribution in [1.29, 1.82) is 0 Å². The zero-order valence-electron chi connectivity index (χ0n) is 13.8. The second kappa shape index (κ2) is 10.1. The number of guanidine groups is 1. The molecule has 2 unspecified atom stereocenters. The SMILES string of the molecule is CCNC(=NCC(O)c1ccccc1F)N1CCCC(C)C1.I. The first kappa shape index (κ1) is 20.2. The quantitative estimate of drug-likeness (QED) is 0.434. The van der Waals surface area contributed by atoms with Crippen molar-refractivity contribution in [1.82, 2.24) is 10.2 Å². The van der Waals surface area contributed by atoms with Gasteiger partial charge in [0.05, 0.1) is 6.54 Å². The average Bonchev–Trinajstić information content (AvgIpc) is 2.51. The molecule has 1 saturated heterocycles. The number of aliphatic hydroxyl groups is 1. The van der Waals surface area contributed by atoms with E-state index >= 15 is 0 Å². The Hall–Kier alpha value is -0.890. The molecule has 4 nitrogen and oxygen atoms in total. The lowest BCUT2D eigenvalue weighted by Crippen LogP contribution is -2.46. The van der Waals surface area contributed by atoms with Crippen molar-refractivity contribution in [3.05, 3.63) is 35.6 Å². The first-order chi connectivity index (χ1) is 10.6. The fourth-order valence-electron chi connectivity index (χ4n) is 2.82. The smallest absolute Gasteiger partial charge is 0.194 e. The highest BCUT2D eigenvalue weighted by molar-refractivity contribution is 14.0. The maximum absolute atomic E-state index is 13.7. The van der Waals surface area contributed by atoms with Gasteiger partial charge in [0, 0.05) is 25.2 Å². The molecule has 0 amide bonds. The lowest BCUT2D eigenvalue weighted by Gasteiger charge is -2.33. The van der Waals surface area contributed by atoms with Crippen LogP contribution in [0.1, 0.15) is 38.4 Å². The number of rotatable bonds is 4. The van der Waals surface area contributed by atoms with Gasteiger partial charge in [-0.05, 0) is 31.7 Å². The maximum atomic E-state index is 13.7. The van der Waals surface area contributed by atoms with Crippen LogP contribution in [0.5, 0.6) is 0 Å². The van der Waals surface area contributed by atoms with Crippen molar-refractivity contribution in [2.75, 3.05) is 26.2 Å². The molecule has 2 atom stereocenters. The number of piperidine rings is 1. The lowest BCUT2D eigenvalue weighted by atomic mass is 10.0. The molecule has 1 fully saturated rings. The van der Waals surface area contributed by atoms with Crippen LogP contribution in [0, 0.1) is 11.7 Å². The third kappa shape index (κ3) is 5.91. The van der Waals surface area contributed by atoms with Crippen molar-refractivity contribution in [2.24, 2.45) is 10.9 Å². The van der Waals surface area contributed by atoms with Gasteiger partial charge in [-0.25, -0.2) is 4.39 Å². The van der Waals surface area contributed by atoms with Gasteiger partial charge in [-0.3, -0.25) is 4.99 Å². The molecule has 2 rings (SSSR count). The van der Waals surface area contributed by atoms with Crippen LogP contribution in [0.2, 0.25) is 0 Å². The predicted molar refractivity (Wildman–Crippen MR) is 103 cm³/mol. The molecular weight excluding hydrogens is 408 g/mol. The summed E-state index contributed by atoms with van der Waals surface area (Å²) in [5.74, 6) is 1.07. The molecule has 1 aromatic rings. The summed E-state index contributed by atoms with van der Waals surface area (Å²) in [5, 5.41) is 13.4. The minimum Gasteiger partial charge on any atom is -0.386 e. The van der Waals surface area contributed by atoms with Crippen LogP contribution in [0.15, 0.2) is 29.3 Å². The van der Waals surface area contributed by atoms with Gasteiger partial charge < -0.3 is 15.3 Å². The zero-order valence-corrected chi connectivity index (χ0v) is 16.2. The van der Waals surface area contributed by atoms with Gasteiger partial charge in [-0.15, -0.1) is 24.0 Å². The average molecular weight is 435 g/mol. The van der Waals surface area contributed by atoms with Crippen molar-refractivity contribution in [3.63, 3.8) is 0 Å². The van der Waals surface area contributed by atoms with E-state index in [2.05, 4.69) is 22.1 Å². The largest absolute Gasteiger partial charge is 0.386 e. The number of hydrogen-bond acceptors (Lipinski definition) is 2. The third-order valence-electron chi connectivity index (χ3n) is 3.97. The third-order valence-corrected chi connectivity index (χ3v) is 3.97. The zero-order chi connectivity index (χ0) is 15.9. The Kier molecular flexibility index (Phi) is 8.83. The highest BCUT2D eigenvalue weighted by Gasteiger charge is 2.20. The Morgan fingerprint density at radius 2 is 2.22 bits per heavy atom. The van der Waals surface area contributed by atoms with E-state index in [0.29, 0.717) is 11.5 Å². The summed E-state index contributed by atoms with van der Waals surface area (Å²) in [6.45, 7) is 7.15. The molecule has 1 aliphatic heterocycles. The molecule has 130 valence electrons. The molecule has 0 saturated carbocycles. The van der Waals surface area contributed by atoms with E-state index in [4.69, 9.17) is 0 Å². The number of halogens is 2. The summed E-state index contributed by atoms with van der Waals surface area (Å²) >= 11 is 0. The van der Waals surface area contributed by atoms with E-state index in [-0.39, 0.29) is 36.3 Å². The number of benzene rings is 1. The maximum Gasteiger partial charge on any atom is 0.194 e. The molecule has 0 radical (unpaired) electrons. The van der Waals surface area contributed by atoms with Gasteiger partial charge in [0.2, 0.25) is 0 Å². The Labute approximate surface area is 155 Å². The van der Waals surface area contributed by atoms with Crippen LogP contribution in [0.25, 0.3) is 0 Å². The normalized spacial score (nSPS) is 19.9. The molecule has 0 spiro atoms. The Bertz CT molecular complexity index is 512. The number of likely N-dealkylation sites (tertiary alicyclic amines) is 1. The van der Waals surface area contributed by atoms with Crippen LogP contribution in [-0.4, -0.2) is 42.1 Å². The van der Waals surface area contributed by atoms with Gasteiger partial charge in [0.25, 0.3) is 0 Å². The summed E-state index contributed by atoms with van der Waals surface area (Å²) in [4.78, 5) is 6.73. The standard InChI is InChI=1S/C17H26FN3O.HI/c1-3-19-17(21-10-6-7-13(2)12-21)20-11-16(22)14-8-4-5-9-15(14)18;/h4-5,8-9,13,16,22H,3,6-7,10-12H2,1-2H3,(H,19,20);1H. The molecular formula is C17H27FIN3O. The van der Waals surface area contributed by atoms with E-state index in [1.54, 1.807) is 18.2 Å². The molecule has 0 aromatic heterocycles. The number of hydrogen-bond donors (Lipinski definition) is 2. The minimum atomic E-state index is -0.919. The predicted octanol–water partition coefficient (Wildman–Crippen LogP) is 3.17. The van der Waals surface area contributed by atoms with Crippen LogP contribution < -0.4 is 5.32 Å². The van der Waals surface area contributed by atoms with E-state index in [0.717, 1.165) is 32.0 Å². The summed E-state index contributed by atoms with van der Waals surface area (Å²) in [6, 6.07) is 6.31. The van der Waals surface area contributed by atoms with Gasteiger partial charge in [0.15, 0.2) is 5.96 Å². The van der Waals surface area contributed by atoms with Crippen molar-refractivity contribution in [2.45, 2.75) is 32.8 Å². The highest BCUT2D eigenvalue weighted by Crippen LogP contribution is 2.18. The monoisotopic (exact) mass is 435 g/mol. The first-order valence-corrected chi connectivity index (χ1v) is 8.07. The van der Waals surface area contributed by atoms with Crippen LogP contribution in [-0.2, 0) is 0 Å². The first-order valence-electron chi connectivity index (χ1n) is 8.07. The van der Waals surface area contributed by atoms with Crippen LogP contribution in [0.3, 0.4) is 0 Å². The number of nitrogens with one attached hydrogen (secondary N) is 1. The molecule has 2 N–H and O–H groups in total. The molecule has 0 aliphatic carbocycles. The molecule has 0 bridgehead atoms. The number of aliphatic imine (C=N–C) groups is 1. The molecule has 1 aromatic carbocycles. The van der Waals surface area contributed by atoms with Gasteiger partial charge in [-0.2, -0.15) is 0 Å². The van der Waals surface area contributed by atoms with Crippen molar-refractivity contribution in [3.8, 4) is 0 Å². The second-order valence-corrected chi connectivity index (χ2v) is 5.93. The minimum absolute atomic E-state index is 0. The topological polar surface area (TPSA) is 47.9 Å². The summed E-state index contributed by atoms with van der Waals surface area (Å²) in [5.41, 5.74) is 0.300. The Morgan fingerprint density at radius 3 is 2.87 bits per heavy atom. The highest BCUT2D eigenvalue weighted by atomic mass is 127. The van der Waals surface area contributed by atoms with E-state index in [1.807, 2.05) is 6.92 Å². The molecule has 6 heteroatoms. The van der Waals surface area contributed by atoms with Crippen molar-refractivity contribution >= 4 is 29.9 Å².